The molecule has 8 heteroatoms. The van der Waals surface area contributed by atoms with E-state index >= 15 is 0 Å². The van der Waals surface area contributed by atoms with E-state index in [1.54, 1.807) is 31.7 Å². The highest BCUT2D eigenvalue weighted by atomic mass is 16.3. The molecule has 1 amide bonds. The van der Waals surface area contributed by atoms with Gasteiger partial charge in [-0.05, 0) is 23.8 Å². The third kappa shape index (κ3) is 4.16. The predicted molar refractivity (Wildman–Crippen MR) is 110 cm³/mol. The number of hydrogen-bond acceptors (Lipinski definition) is 4. The van der Waals surface area contributed by atoms with Crippen molar-refractivity contribution in [1.82, 2.24) is 24.7 Å². The number of para-hydroxylation sites is 1. The van der Waals surface area contributed by atoms with Crippen LogP contribution in [0, 0.1) is 0 Å². The predicted octanol–water partition coefficient (Wildman–Crippen LogP) is 2.00. The first-order valence-electron chi connectivity index (χ1n) is 9.61. The summed E-state index contributed by atoms with van der Waals surface area (Å²) in [5, 5.41) is 3.45. The molecule has 0 spiro atoms. The number of rotatable bonds is 4. The Morgan fingerprint density at radius 2 is 1.93 bits per heavy atom. The summed E-state index contributed by atoms with van der Waals surface area (Å²) in [6.45, 7) is 3.34. The number of amides is 1. The molecular weight excluding hydrogens is 368 g/mol. The molecule has 29 heavy (non-hydrogen) atoms. The van der Waals surface area contributed by atoms with Gasteiger partial charge < -0.3 is 24.1 Å². The third-order valence-corrected chi connectivity index (χ3v) is 5.02. The number of imidazole rings is 1. The third-order valence-electron chi connectivity index (χ3n) is 5.02. The van der Waals surface area contributed by atoms with Crippen LogP contribution < -0.4 is 5.32 Å². The number of benzene rings is 1. The van der Waals surface area contributed by atoms with E-state index in [0.717, 1.165) is 30.3 Å². The summed E-state index contributed by atoms with van der Waals surface area (Å²) in [6.07, 6.45) is 7.02. The van der Waals surface area contributed by atoms with E-state index in [9.17, 15) is 4.79 Å². The van der Waals surface area contributed by atoms with Gasteiger partial charge in [0, 0.05) is 52.2 Å². The smallest absolute Gasteiger partial charge is 0.289 e. The molecule has 0 aliphatic carbocycles. The van der Waals surface area contributed by atoms with Gasteiger partial charge in [-0.2, -0.15) is 0 Å². The number of carbonyl (C=O) groups is 1. The lowest BCUT2D eigenvalue weighted by Gasteiger charge is -2.36. The van der Waals surface area contributed by atoms with Crippen LogP contribution >= 0.6 is 0 Å². The summed E-state index contributed by atoms with van der Waals surface area (Å²) < 4.78 is 7.22. The average Bonchev–Trinajstić information content (AvgIpc) is 3.49. The van der Waals surface area contributed by atoms with E-state index in [0.29, 0.717) is 25.4 Å². The topological polar surface area (TPSA) is 78.9 Å². The lowest BCUT2D eigenvalue weighted by Crippen LogP contribution is -2.53. The van der Waals surface area contributed by atoms with Gasteiger partial charge in [0.25, 0.3) is 5.91 Å². The van der Waals surface area contributed by atoms with Gasteiger partial charge in [0.2, 0.25) is 0 Å². The summed E-state index contributed by atoms with van der Waals surface area (Å²) in [4.78, 5) is 25.0. The van der Waals surface area contributed by atoms with Gasteiger partial charge in [0.15, 0.2) is 11.7 Å². The van der Waals surface area contributed by atoms with Gasteiger partial charge in [-0.3, -0.25) is 9.79 Å². The van der Waals surface area contributed by atoms with Crippen LogP contribution in [0.1, 0.15) is 16.1 Å². The number of aromatic nitrogens is 2. The maximum absolute atomic E-state index is 12.4. The molecule has 0 radical (unpaired) electrons. The van der Waals surface area contributed by atoms with Crippen LogP contribution in [0.5, 0.6) is 0 Å². The van der Waals surface area contributed by atoms with Crippen LogP contribution in [0.4, 0.5) is 0 Å². The highest BCUT2D eigenvalue weighted by molar-refractivity contribution is 5.91. The SMILES string of the molecule is CN=C(NCc1ccccc1-n1ccnc1)N1CCN(C(=O)c2ccco2)CC1. The van der Waals surface area contributed by atoms with E-state index in [1.807, 2.05) is 27.8 Å². The number of furan rings is 1. The quantitative estimate of drug-likeness (QED) is 0.543. The molecule has 1 aromatic carbocycles. The molecule has 1 saturated heterocycles. The van der Waals surface area contributed by atoms with Crippen molar-refractivity contribution >= 4 is 11.9 Å². The molecule has 4 rings (SSSR count). The van der Waals surface area contributed by atoms with Crippen molar-refractivity contribution in [2.75, 3.05) is 33.2 Å². The molecule has 1 fully saturated rings. The molecule has 1 aliphatic rings. The second kappa shape index (κ2) is 8.64. The number of carbonyl (C=O) groups excluding carboxylic acids is 1. The number of nitrogens with one attached hydrogen (secondary N) is 1. The van der Waals surface area contributed by atoms with Crippen LogP contribution in [-0.4, -0.2) is 64.4 Å². The normalized spacial score (nSPS) is 14.9. The molecule has 8 nitrogen and oxygen atoms in total. The van der Waals surface area contributed by atoms with Gasteiger partial charge in [0.05, 0.1) is 18.3 Å². The zero-order valence-corrected chi connectivity index (χ0v) is 16.4. The highest BCUT2D eigenvalue weighted by Crippen LogP contribution is 2.14. The first kappa shape index (κ1) is 18.8. The van der Waals surface area contributed by atoms with Crippen LogP contribution in [0.3, 0.4) is 0 Å². The first-order chi connectivity index (χ1) is 14.3. The van der Waals surface area contributed by atoms with Gasteiger partial charge >= 0.3 is 0 Å². The Hall–Kier alpha value is -3.55. The molecule has 1 aliphatic heterocycles. The minimum atomic E-state index is -0.0631. The van der Waals surface area contributed by atoms with Crippen molar-refractivity contribution in [1.29, 1.82) is 0 Å². The Morgan fingerprint density at radius 1 is 1.14 bits per heavy atom. The zero-order valence-electron chi connectivity index (χ0n) is 16.4. The largest absolute Gasteiger partial charge is 0.459 e. The lowest BCUT2D eigenvalue weighted by molar-refractivity contribution is 0.0657. The summed E-state index contributed by atoms with van der Waals surface area (Å²) in [6, 6.07) is 11.6. The maximum atomic E-state index is 12.4. The van der Waals surface area contributed by atoms with Crippen molar-refractivity contribution in [2.24, 2.45) is 4.99 Å². The molecule has 3 aromatic rings. The van der Waals surface area contributed by atoms with Crippen molar-refractivity contribution < 1.29 is 9.21 Å². The van der Waals surface area contributed by atoms with E-state index in [2.05, 4.69) is 32.3 Å². The fourth-order valence-electron chi connectivity index (χ4n) is 3.50. The first-order valence-corrected chi connectivity index (χ1v) is 9.61. The maximum Gasteiger partial charge on any atom is 0.289 e. The molecule has 0 bridgehead atoms. The summed E-state index contributed by atoms with van der Waals surface area (Å²) in [5.41, 5.74) is 2.24. The Morgan fingerprint density at radius 3 is 2.62 bits per heavy atom. The standard InChI is InChI=1S/C21H24N6O2/c1-22-21(24-15-17-5-2-3-6-18(17)27-9-8-23-16-27)26-12-10-25(11-13-26)20(28)19-7-4-14-29-19/h2-9,14,16H,10-13,15H2,1H3,(H,22,24). The van der Waals surface area contributed by atoms with E-state index in [1.165, 1.54) is 6.26 Å². The molecule has 0 atom stereocenters. The Kier molecular flexibility index (Phi) is 5.60. The number of piperazine rings is 1. The van der Waals surface area contributed by atoms with Gasteiger partial charge in [-0.1, -0.05) is 18.2 Å². The van der Waals surface area contributed by atoms with Crippen LogP contribution in [0.15, 0.2) is 70.8 Å². The van der Waals surface area contributed by atoms with Gasteiger partial charge in [-0.15, -0.1) is 0 Å². The van der Waals surface area contributed by atoms with Crippen LogP contribution in [0.2, 0.25) is 0 Å². The molecule has 0 saturated carbocycles. The number of hydrogen-bond donors (Lipinski definition) is 1. The fraction of sp³-hybridized carbons (Fsp3) is 0.286. The number of aliphatic imine (C=N–C) groups is 1. The van der Waals surface area contributed by atoms with Crippen molar-refractivity contribution in [3.8, 4) is 5.69 Å². The number of nitrogens with zero attached hydrogens (tertiary/aromatic N) is 5. The van der Waals surface area contributed by atoms with Crippen molar-refractivity contribution in [3.63, 3.8) is 0 Å². The minimum absolute atomic E-state index is 0.0631. The summed E-state index contributed by atoms with van der Waals surface area (Å²) in [5.74, 6) is 1.15. The molecule has 0 unspecified atom stereocenters. The zero-order chi connectivity index (χ0) is 20.1. The Labute approximate surface area is 169 Å². The molecular formula is C21H24N6O2. The Balaban J connectivity index is 1.36. The van der Waals surface area contributed by atoms with E-state index in [4.69, 9.17) is 4.42 Å². The van der Waals surface area contributed by atoms with E-state index < -0.39 is 0 Å². The molecule has 3 heterocycles. The second-order valence-corrected chi connectivity index (χ2v) is 6.76. The summed E-state index contributed by atoms with van der Waals surface area (Å²) in [7, 11) is 1.78. The lowest BCUT2D eigenvalue weighted by atomic mass is 10.1. The monoisotopic (exact) mass is 392 g/mol. The van der Waals surface area contributed by atoms with E-state index in [-0.39, 0.29) is 5.91 Å². The average molecular weight is 392 g/mol. The molecule has 2 aromatic heterocycles. The Bertz CT molecular complexity index is 957. The molecule has 150 valence electrons. The van der Waals surface area contributed by atoms with Crippen LogP contribution in [-0.2, 0) is 6.54 Å². The molecule has 1 N–H and O–H groups in total. The van der Waals surface area contributed by atoms with Crippen molar-refractivity contribution in [2.45, 2.75) is 6.54 Å². The van der Waals surface area contributed by atoms with Gasteiger partial charge in [-0.25, -0.2) is 4.98 Å². The van der Waals surface area contributed by atoms with Crippen molar-refractivity contribution in [3.05, 3.63) is 72.7 Å². The fourth-order valence-corrected chi connectivity index (χ4v) is 3.50. The summed E-state index contributed by atoms with van der Waals surface area (Å²) >= 11 is 0. The van der Waals surface area contributed by atoms with Crippen LogP contribution in [0.25, 0.3) is 5.69 Å². The second-order valence-electron chi connectivity index (χ2n) is 6.76. The van der Waals surface area contributed by atoms with Gasteiger partial charge in [0.1, 0.15) is 0 Å². The highest BCUT2D eigenvalue weighted by Gasteiger charge is 2.25. The number of guanidine groups is 1. The minimum Gasteiger partial charge on any atom is -0.459 e.